The van der Waals surface area contributed by atoms with Crippen molar-refractivity contribution in [3.8, 4) is 0 Å². The van der Waals surface area contributed by atoms with E-state index in [-0.39, 0.29) is 67.3 Å². The van der Waals surface area contributed by atoms with Gasteiger partial charge in [-0.05, 0) is 0 Å². The Labute approximate surface area is 67.0 Å². The van der Waals surface area contributed by atoms with E-state index in [1.165, 1.54) is 0 Å². The van der Waals surface area contributed by atoms with Crippen LogP contribution in [0, 0.1) is 0 Å². The van der Waals surface area contributed by atoms with Crippen LogP contribution in [0.15, 0.2) is 0 Å². The van der Waals surface area contributed by atoms with Gasteiger partial charge in [-0.3, -0.25) is 0 Å². The average Bonchev–Trinajstić information content (AvgIpc) is 0. The molecule has 0 fully saturated rings. The van der Waals surface area contributed by atoms with Gasteiger partial charge in [0, 0.05) is 0 Å². The first-order valence-corrected chi connectivity index (χ1v) is 0. The second-order valence-corrected chi connectivity index (χ2v) is 0. The molecule has 5 heavy (non-hydrogen) atoms. The summed E-state index contributed by atoms with van der Waals surface area (Å²) in [5, 5.41) is 0. The molecule has 0 aliphatic heterocycles. The van der Waals surface area contributed by atoms with Crippen molar-refractivity contribution in [1.82, 2.24) is 6.15 Å². The van der Waals surface area contributed by atoms with E-state index in [0.717, 1.165) is 0 Å². The van der Waals surface area contributed by atoms with Crippen molar-refractivity contribution in [3.05, 3.63) is 0 Å². The Hall–Kier alpha value is 1.63. The second-order valence-electron chi connectivity index (χ2n) is 0. The van der Waals surface area contributed by atoms with Crippen LogP contribution in [-0.4, -0.2) is 23.9 Å². The molecule has 0 aromatic heterocycles. The second kappa shape index (κ2) is 45.5. The molecule has 0 unspecified atom stereocenters. The van der Waals surface area contributed by atoms with Crippen molar-refractivity contribution in [2.45, 2.75) is 0 Å². The van der Waals surface area contributed by atoms with Gasteiger partial charge in [0.15, 0.2) is 0 Å². The van der Waals surface area contributed by atoms with Gasteiger partial charge in [0.2, 0.25) is 0 Å². The minimum Gasteiger partial charge on any atom is -1.00 e. The number of rotatable bonds is 0. The quantitative estimate of drug-likeness (QED) is 0.410. The minimum absolute atomic E-state index is 0. The number of halogens is 3. The zero-order valence-corrected chi connectivity index (χ0v) is 7.76. The van der Waals surface area contributed by atoms with Gasteiger partial charge in [0.1, 0.15) is 0 Å². The first-order chi connectivity index (χ1) is 0. The van der Waals surface area contributed by atoms with E-state index in [1.807, 2.05) is 0 Å². The third kappa shape index (κ3) is 27.9. The molecule has 34 valence electrons. The van der Waals surface area contributed by atoms with E-state index in [2.05, 4.69) is 0 Å². The third-order valence-corrected chi connectivity index (χ3v) is 0. The van der Waals surface area contributed by atoms with Crippen LogP contribution in [0.4, 0.5) is 0 Å². The standard InChI is InChI=1S/3ClH.H3N.Sn/h3*1H;1H3;/q;;;;+2/p-2. The van der Waals surface area contributed by atoms with Crippen molar-refractivity contribution in [3.63, 3.8) is 0 Å². The van der Waals surface area contributed by atoms with E-state index in [1.54, 1.807) is 0 Å². The summed E-state index contributed by atoms with van der Waals surface area (Å²) in [5.74, 6) is 0. The normalized spacial score (nSPS) is 0. The molecule has 0 saturated heterocycles. The molecule has 0 aliphatic rings. The van der Waals surface area contributed by atoms with Crippen LogP contribution >= 0.6 is 0 Å². The molecule has 0 aliphatic carbocycles. The molecule has 0 spiro atoms. The molecule has 0 aromatic carbocycles. The van der Waals surface area contributed by atoms with Crippen molar-refractivity contribution in [2.24, 2.45) is 0 Å². The van der Waals surface area contributed by atoms with Crippen molar-refractivity contribution in [1.29, 1.82) is 0 Å². The minimum atomic E-state index is 0. The number of hydrogen-bond donors (Lipinski definition) is 1. The monoisotopic (exact) mass is 243 g/mol. The number of hydrogen-bond acceptors (Lipinski definition) is 0. The van der Waals surface area contributed by atoms with Crippen LogP contribution in [0.2, 0.25) is 0 Å². The molecule has 0 bridgehead atoms. The van der Waals surface area contributed by atoms with Crippen LogP contribution in [-0.2, 0) is 0 Å². The molecule has 0 amide bonds. The van der Waals surface area contributed by atoms with Crippen LogP contribution < -0.4 is 43.4 Å². The molecule has 4 N–H and O–H groups in total. The van der Waals surface area contributed by atoms with Gasteiger partial charge >= 0.3 is 23.9 Å². The zero-order chi connectivity index (χ0) is 0. The zero-order valence-electron chi connectivity index (χ0n) is 2.63. The molecule has 5 heteroatoms. The van der Waals surface area contributed by atoms with Gasteiger partial charge in [0.05, 0.1) is 0 Å². The molecule has 1 nitrogen and oxygen atoms in total. The Morgan fingerprint density at radius 1 is 0.600 bits per heavy atom. The maximum absolute atomic E-state index is 0. The Morgan fingerprint density at radius 3 is 0.600 bits per heavy atom. The van der Waals surface area contributed by atoms with Gasteiger partial charge in [0.25, 0.3) is 0 Å². The first kappa shape index (κ1) is 79.2. The Kier molecular flexibility index (Phi) is 720. The average molecular weight is 243 g/mol. The fourth-order valence-electron chi connectivity index (χ4n) is 0. The Balaban J connectivity index is 0. The van der Waals surface area contributed by atoms with Crippen molar-refractivity contribution >= 4 is 23.9 Å². The largest absolute Gasteiger partial charge is 2.00 e. The van der Waals surface area contributed by atoms with Gasteiger partial charge in [-0.15, -0.1) is 0 Å². The molecule has 0 saturated carbocycles. The van der Waals surface area contributed by atoms with Gasteiger partial charge in [-0.2, -0.15) is 0 Å². The summed E-state index contributed by atoms with van der Waals surface area (Å²) in [4.78, 5) is 0. The molecular formula is H4Cl3NSn. The maximum atomic E-state index is 0. The Bertz CT molecular complexity index is 6.85. The predicted molar refractivity (Wildman–Crippen MR) is 11.7 cm³/mol. The summed E-state index contributed by atoms with van der Waals surface area (Å²) >= 11 is 0. The summed E-state index contributed by atoms with van der Waals surface area (Å²) in [6, 6.07) is 0. The van der Waals surface area contributed by atoms with Gasteiger partial charge in [-0.25, -0.2) is 0 Å². The smallest absolute Gasteiger partial charge is 1.00 e. The molecule has 0 heterocycles. The molecule has 0 atom stereocenters. The number of quaternary nitrogens is 1. The van der Waals surface area contributed by atoms with Gasteiger partial charge in [-0.1, -0.05) is 0 Å². The van der Waals surface area contributed by atoms with Gasteiger partial charge < -0.3 is 43.4 Å². The first-order valence-electron chi connectivity index (χ1n) is 0. The van der Waals surface area contributed by atoms with E-state index >= 15 is 0 Å². The predicted octanol–water partition coefficient (Wildman–Crippen LogP) is -8.99. The van der Waals surface area contributed by atoms with Crippen LogP contribution in [0.1, 0.15) is 0 Å². The van der Waals surface area contributed by atoms with E-state index in [4.69, 9.17) is 0 Å². The van der Waals surface area contributed by atoms with Crippen LogP contribution in [0.5, 0.6) is 0 Å². The van der Waals surface area contributed by atoms with Crippen LogP contribution in [0.3, 0.4) is 0 Å². The Morgan fingerprint density at radius 2 is 0.600 bits per heavy atom. The summed E-state index contributed by atoms with van der Waals surface area (Å²) in [5.41, 5.74) is 0. The molecule has 2 radical (unpaired) electrons. The summed E-state index contributed by atoms with van der Waals surface area (Å²) < 4.78 is 0. The summed E-state index contributed by atoms with van der Waals surface area (Å²) in [6.45, 7) is 0. The van der Waals surface area contributed by atoms with E-state index in [9.17, 15) is 0 Å². The summed E-state index contributed by atoms with van der Waals surface area (Å²) in [7, 11) is 0. The van der Waals surface area contributed by atoms with Crippen molar-refractivity contribution in [2.75, 3.05) is 0 Å². The maximum Gasteiger partial charge on any atom is 2.00 e. The molecule has 0 aromatic rings. The third-order valence-electron chi connectivity index (χ3n) is 0. The van der Waals surface area contributed by atoms with Crippen LogP contribution in [0.25, 0.3) is 0 Å². The van der Waals surface area contributed by atoms with E-state index < -0.39 is 0 Å². The molecular weight excluding hydrogens is 239 g/mol. The van der Waals surface area contributed by atoms with Crippen molar-refractivity contribution < 1.29 is 37.2 Å². The molecule has 0 rings (SSSR count). The van der Waals surface area contributed by atoms with E-state index in [0.29, 0.717) is 0 Å². The topological polar surface area (TPSA) is 36.5 Å². The fraction of sp³-hybridized carbons (Fsp3) is 0. The SMILES string of the molecule is [Cl-].[Cl-].[Cl-].[NH4+].[Sn+2]. The fourth-order valence-corrected chi connectivity index (χ4v) is 0. The summed E-state index contributed by atoms with van der Waals surface area (Å²) in [6.07, 6.45) is 0.